The fourth-order valence-corrected chi connectivity index (χ4v) is 4.71. The van der Waals surface area contributed by atoms with Gasteiger partial charge >= 0.3 is 0 Å². The maximum absolute atomic E-state index is 13.1. The molecule has 7 heteroatoms. The number of rotatable bonds is 4. The van der Waals surface area contributed by atoms with E-state index >= 15 is 0 Å². The third-order valence-corrected chi connectivity index (χ3v) is 7.04. The van der Waals surface area contributed by atoms with E-state index in [0.29, 0.717) is 18.1 Å². The summed E-state index contributed by atoms with van der Waals surface area (Å²) in [5.41, 5.74) is 7.28. The maximum Gasteiger partial charge on any atom is 0.255 e. The SMILES string of the molecule is C/C=C\C.CC.Cc1cc(N2CCOCS2)ccc1C(=O)Nc1ccc(C)c(-c2ccc3cnccc3n2)c1. The fourth-order valence-electron chi connectivity index (χ4n) is 3.92. The zero-order chi connectivity index (χ0) is 28.2. The average molecular weight is 543 g/mol. The van der Waals surface area contributed by atoms with Crippen LogP contribution < -0.4 is 9.62 Å². The van der Waals surface area contributed by atoms with Crippen LogP contribution >= 0.6 is 11.9 Å². The lowest BCUT2D eigenvalue weighted by Crippen LogP contribution is -2.26. The molecule has 1 fully saturated rings. The van der Waals surface area contributed by atoms with E-state index in [1.54, 1.807) is 24.3 Å². The van der Waals surface area contributed by atoms with Crippen molar-refractivity contribution >= 4 is 40.1 Å². The molecule has 1 aliphatic heterocycles. The number of ether oxygens (including phenoxy) is 1. The van der Waals surface area contributed by atoms with E-state index in [2.05, 4.69) is 20.7 Å². The van der Waals surface area contributed by atoms with E-state index in [9.17, 15) is 4.79 Å². The molecule has 39 heavy (non-hydrogen) atoms. The lowest BCUT2D eigenvalue weighted by atomic mass is 10.0. The van der Waals surface area contributed by atoms with Crippen molar-refractivity contribution in [3.05, 3.63) is 95.8 Å². The number of pyridine rings is 2. The van der Waals surface area contributed by atoms with Gasteiger partial charge in [0.25, 0.3) is 5.91 Å². The second-order valence-corrected chi connectivity index (χ2v) is 9.61. The smallest absolute Gasteiger partial charge is 0.255 e. The van der Waals surface area contributed by atoms with Gasteiger partial charge in [-0.2, -0.15) is 0 Å². The lowest BCUT2D eigenvalue weighted by molar-refractivity contribution is 0.102. The number of benzene rings is 2. The van der Waals surface area contributed by atoms with E-state index in [1.165, 1.54) is 0 Å². The Hall–Kier alpha value is -3.68. The predicted molar refractivity (Wildman–Crippen MR) is 166 cm³/mol. The standard InChI is InChI=1S/C26H24N4O2S.C4H8.C2H6/c1-17-3-5-20(14-23(17)25-8-4-19-15-27-10-9-24(19)29-25)28-26(31)22-7-6-21(13-18(22)2)30-11-12-32-16-33-30;1-3-4-2;1-2/h3-10,13-15H,11-12,16H2,1-2H3,(H,28,31);3-4H,1-2H3;1-2H3/b;4-3-;. The van der Waals surface area contributed by atoms with Crippen molar-refractivity contribution in [2.24, 2.45) is 0 Å². The Morgan fingerprint density at radius 2 is 1.79 bits per heavy atom. The summed E-state index contributed by atoms with van der Waals surface area (Å²) < 4.78 is 7.61. The van der Waals surface area contributed by atoms with Crippen molar-refractivity contribution in [3.8, 4) is 11.3 Å². The van der Waals surface area contributed by atoms with Crippen LogP contribution in [-0.4, -0.2) is 35.0 Å². The largest absolute Gasteiger partial charge is 0.367 e. The highest BCUT2D eigenvalue weighted by atomic mass is 32.2. The van der Waals surface area contributed by atoms with Crippen LogP contribution in [0, 0.1) is 13.8 Å². The zero-order valence-electron chi connectivity index (χ0n) is 23.7. The Morgan fingerprint density at radius 1 is 1.00 bits per heavy atom. The summed E-state index contributed by atoms with van der Waals surface area (Å²) in [6.07, 6.45) is 7.55. The number of carbonyl (C=O) groups is 1. The van der Waals surface area contributed by atoms with E-state index < -0.39 is 0 Å². The Labute approximate surface area is 236 Å². The van der Waals surface area contributed by atoms with E-state index in [1.807, 2.05) is 102 Å². The molecule has 1 saturated heterocycles. The van der Waals surface area contributed by atoms with Gasteiger partial charge in [0.2, 0.25) is 0 Å². The first kappa shape index (κ1) is 29.9. The third-order valence-electron chi connectivity index (χ3n) is 6.07. The molecule has 204 valence electrons. The Kier molecular flexibility index (Phi) is 11.5. The van der Waals surface area contributed by atoms with Crippen molar-refractivity contribution in [2.75, 3.05) is 28.7 Å². The van der Waals surface area contributed by atoms with Crippen LogP contribution in [0.2, 0.25) is 0 Å². The van der Waals surface area contributed by atoms with Crippen LogP contribution in [0.4, 0.5) is 11.4 Å². The first-order chi connectivity index (χ1) is 19.0. The number of allylic oxidation sites excluding steroid dienone is 2. The average Bonchev–Trinajstić information content (AvgIpc) is 2.99. The molecule has 2 aromatic carbocycles. The first-order valence-corrected chi connectivity index (χ1v) is 14.2. The monoisotopic (exact) mass is 542 g/mol. The molecule has 0 atom stereocenters. The summed E-state index contributed by atoms with van der Waals surface area (Å²) in [6.45, 7) is 13.6. The second kappa shape index (κ2) is 15.0. The number of nitrogens with one attached hydrogen (secondary N) is 1. The van der Waals surface area contributed by atoms with Crippen LogP contribution in [0.5, 0.6) is 0 Å². The molecule has 1 aliphatic rings. The fraction of sp³-hybridized carbons (Fsp3) is 0.281. The van der Waals surface area contributed by atoms with Gasteiger partial charge < -0.3 is 14.4 Å². The second-order valence-electron chi connectivity index (χ2n) is 8.67. The quantitative estimate of drug-likeness (QED) is 0.207. The minimum atomic E-state index is -0.124. The number of hydrogen-bond acceptors (Lipinski definition) is 6. The van der Waals surface area contributed by atoms with Crippen molar-refractivity contribution in [2.45, 2.75) is 41.5 Å². The number of fused-ring (bicyclic) bond motifs is 1. The first-order valence-electron chi connectivity index (χ1n) is 13.3. The van der Waals surface area contributed by atoms with Crippen molar-refractivity contribution in [1.82, 2.24) is 9.97 Å². The molecular weight excluding hydrogens is 504 g/mol. The molecule has 0 bridgehead atoms. The topological polar surface area (TPSA) is 67.3 Å². The van der Waals surface area contributed by atoms with Crippen molar-refractivity contribution in [1.29, 1.82) is 0 Å². The van der Waals surface area contributed by atoms with Crippen LogP contribution in [0.15, 0.2) is 79.1 Å². The highest BCUT2D eigenvalue weighted by Gasteiger charge is 2.16. The van der Waals surface area contributed by atoms with Gasteiger partial charge in [0.15, 0.2) is 0 Å². The molecule has 1 N–H and O–H groups in total. The molecule has 4 aromatic rings. The summed E-state index contributed by atoms with van der Waals surface area (Å²) in [5.74, 6) is 0.529. The Bertz CT molecular complexity index is 1410. The molecule has 0 aliphatic carbocycles. The minimum Gasteiger partial charge on any atom is -0.367 e. The van der Waals surface area contributed by atoms with Gasteiger partial charge in [0, 0.05) is 40.3 Å². The number of hydrogen-bond donors (Lipinski definition) is 1. The summed E-state index contributed by atoms with van der Waals surface area (Å²) in [5, 5.41) is 4.05. The molecular formula is C32H38N4O2S. The van der Waals surface area contributed by atoms with Gasteiger partial charge in [-0.25, -0.2) is 4.98 Å². The molecule has 2 aromatic heterocycles. The van der Waals surface area contributed by atoms with Gasteiger partial charge in [0.1, 0.15) is 5.94 Å². The maximum atomic E-state index is 13.1. The molecule has 5 rings (SSSR count). The molecule has 3 heterocycles. The summed E-state index contributed by atoms with van der Waals surface area (Å²) in [7, 11) is 0. The normalized spacial score (nSPS) is 12.8. The predicted octanol–water partition coefficient (Wildman–Crippen LogP) is 8.22. The lowest BCUT2D eigenvalue weighted by Gasteiger charge is -2.27. The molecule has 0 unspecified atom stereocenters. The van der Waals surface area contributed by atoms with Crippen molar-refractivity contribution in [3.63, 3.8) is 0 Å². The molecule has 6 nitrogen and oxygen atoms in total. The molecule has 0 radical (unpaired) electrons. The van der Waals surface area contributed by atoms with Crippen LogP contribution in [0.25, 0.3) is 22.2 Å². The highest BCUT2D eigenvalue weighted by Crippen LogP contribution is 2.29. The third kappa shape index (κ3) is 7.91. The van der Waals surface area contributed by atoms with Crippen LogP contribution in [0.3, 0.4) is 0 Å². The van der Waals surface area contributed by atoms with Gasteiger partial charge in [-0.1, -0.05) is 32.1 Å². The van der Waals surface area contributed by atoms with Gasteiger partial charge in [0.05, 0.1) is 24.4 Å². The number of anilines is 2. The van der Waals surface area contributed by atoms with E-state index in [4.69, 9.17) is 9.72 Å². The van der Waals surface area contributed by atoms with Gasteiger partial charge in [-0.05, 0) is 99.3 Å². The number of aryl methyl sites for hydroxylation is 2. The van der Waals surface area contributed by atoms with Gasteiger partial charge in [-0.3, -0.25) is 9.78 Å². The summed E-state index contributed by atoms with van der Waals surface area (Å²) >= 11 is 1.64. The number of aromatic nitrogens is 2. The number of nitrogens with zero attached hydrogens (tertiary/aromatic N) is 3. The number of carbonyl (C=O) groups excluding carboxylic acids is 1. The van der Waals surface area contributed by atoms with Gasteiger partial charge in [-0.15, -0.1) is 0 Å². The molecule has 0 spiro atoms. The Morgan fingerprint density at radius 3 is 2.49 bits per heavy atom. The van der Waals surface area contributed by atoms with E-state index in [0.717, 1.165) is 51.2 Å². The molecule has 0 saturated carbocycles. The highest BCUT2D eigenvalue weighted by molar-refractivity contribution is 8.00. The van der Waals surface area contributed by atoms with E-state index in [-0.39, 0.29) is 5.91 Å². The summed E-state index contributed by atoms with van der Waals surface area (Å²) in [6, 6.07) is 17.8. The summed E-state index contributed by atoms with van der Waals surface area (Å²) in [4.78, 5) is 22.0. The molecule has 1 amide bonds. The Balaban J connectivity index is 0.000000644. The number of amides is 1. The zero-order valence-corrected chi connectivity index (χ0v) is 24.5. The van der Waals surface area contributed by atoms with Crippen molar-refractivity contribution < 1.29 is 9.53 Å². The van der Waals surface area contributed by atoms with Crippen LogP contribution in [-0.2, 0) is 4.74 Å². The van der Waals surface area contributed by atoms with Crippen LogP contribution in [0.1, 0.15) is 49.2 Å². The minimum absolute atomic E-state index is 0.124.